The zero-order chi connectivity index (χ0) is 13.8. The van der Waals surface area contributed by atoms with Crippen LogP contribution < -0.4 is 28.6 Å². The van der Waals surface area contributed by atoms with Crippen molar-refractivity contribution in [3.8, 4) is 0 Å². The monoisotopic (exact) mass is 376 g/mol. The molecule has 0 aromatic heterocycles. The normalized spacial score (nSPS) is 12.3. The summed E-state index contributed by atoms with van der Waals surface area (Å²) in [6, 6.07) is 7.83. The van der Waals surface area contributed by atoms with Gasteiger partial charge in [0.05, 0.1) is 0 Å². The van der Waals surface area contributed by atoms with E-state index < -0.39 is 24.0 Å². The van der Waals surface area contributed by atoms with E-state index in [0.717, 1.165) is 17.5 Å². The number of halogens is 2. The van der Waals surface area contributed by atoms with Crippen LogP contribution in [0.15, 0.2) is 46.4 Å². The van der Waals surface area contributed by atoms with Gasteiger partial charge in [0, 0.05) is 0 Å². The first-order valence-electron chi connectivity index (χ1n) is 6.69. The second-order valence-electron chi connectivity index (χ2n) is 5.16. The predicted octanol–water partition coefficient (Wildman–Crippen LogP) is -2.91. The molecule has 1 aromatic rings. The molecule has 6 heteroatoms. The first-order chi connectivity index (χ1) is 9.09. The van der Waals surface area contributed by atoms with Crippen LogP contribution in [0.2, 0.25) is 13.1 Å². The molecule has 0 radical (unpaired) electrons. The van der Waals surface area contributed by atoms with Crippen molar-refractivity contribution >= 4 is 12.6 Å². The summed E-state index contributed by atoms with van der Waals surface area (Å²) < 4.78 is 4.91. The molecule has 1 amide bonds. The molecule has 21 heavy (non-hydrogen) atoms. The molecule has 0 aliphatic heterocycles. The molecule has 0 spiro atoms. The number of nitrogens with one attached hydrogen (secondary N) is 1. The van der Waals surface area contributed by atoms with Crippen molar-refractivity contribution in [3.63, 3.8) is 0 Å². The number of aryl methyl sites for hydroxylation is 1. The Morgan fingerprint density at radius 1 is 1.24 bits per heavy atom. The quantitative estimate of drug-likeness (QED) is 0.561. The van der Waals surface area contributed by atoms with Gasteiger partial charge in [-0.2, -0.15) is 0 Å². The van der Waals surface area contributed by atoms with E-state index in [1.165, 1.54) is 3.88 Å². The summed E-state index contributed by atoms with van der Waals surface area (Å²) in [6.45, 7) is 5.90. The fourth-order valence-corrected chi connectivity index (χ4v) is 11.3. The number of carbonyl (C=O) groups excluding carboxylic acids is 1. The summed E-state index contributed by atoms with van der Waals surface area (Å²) in [5.41, 5.74) is 1.88. The Hall–Kier alpha value is -0.319. The van der Waals surface area contributed by atoms with E-state index in [2.05, 4.69) is 35.1 Å². The zero-order valence-corrected chi connectivity index (χ0v) is 16.7. The van der Waals surface area contributed by atoms with Crippen LogP contribution in [0.4, 0.5) is 0 Å². The molecule has 1 N–H and O–H groups in total. The molecule has 0 atom stereocenters. The van der Waals surface area contributed by atoms with Crippen molar-refractivity contribution in [2.24, 2.45) is 0 Å². The van der Waals surface area contributed by atoms with Crippen molar-refractivity contribution in [2.45, 2.75) is 26.4 Å². The Morgan fingerprint density at radius 2 is 1.90 bits per heavy atom. The van der Waals surface area contributed by atoms with Gasteiger partial charge in [-0.05, 0) is 0 Å². The molecule has 0 saturated heterocycles. The molecule has 1 aliphatic rings. The number of hydrogen-bond acceptors (Lipinski definition) is 1. The number of rotatable bonds is 4. The molecule has 2 rings (SSSR count). The Kier molecular flexibility index (Phi) is 9.50. The molecule has 113 valence electrons. The molecule has 0 heterocycles. The van der Waals surface area contributed by atoms with Gasteiger partial charge in [0.15, 0.2) is 0 Å². The largest absolute Gasteiger partial charge is 1.00 e. The van der Waals surface area contributed by atoms with Gasteiger partial charge in [-0.15, -0.1) is 0 Å². The fraction of sp³-hybridized carbons (Fsp3) is 0.267. The molecular formula is C15H20Cl2NOSiTi. The topological polar surface area (TPSA) is 29.1 Å². The van der Waals surface area contributed by atoms with E-state index in [1.807, 2.05) is 31.2 Å². The van der Waals surface area contributed by atoms with Crippen molar-refractivity contribution < 1.29 is 47.0 Å². The van der Waals surface area contributed by atoms with Crippen LogP contribution >= 0.6 is 0 Å². The molecule has 0 saturated carbocycles. The molecule has 0 bridgehead atoms. The van der Waals surface area contributed by atoms with Gasteiger partial charge in [-0.1, -0.05) is 0 Å². The summed E-state index contributed by atoms with van der Waals surface area (Å²) in [5.74, 6) is 0.127. The van der Waals surface area contributed by atoms with Crippen LogP contribution in [0.1, 0.15) is 22.3 Å². The Morgan fingerprint density at radius 3 is 2.43 bits per heavy atom. The number of hydrogen-bond donors (Lipinski definition) is 1. The maximum absolute atomic E-state index is 12.4. The van der Waals surface area contributed by atoms with E-state index >= 15 is 0 Å². The maximum atomic E-state index is 12.4. The minimum Gasteiger partial charge on any atom is -1.00 e. The number of carbonyl (C=O) groups is 1. The Bertz CT molecular complexity index is 546. The molecule has 1 aliphatic carbocycles. The summed E-state index contributed by atoms with van der Waals surface area (Å²) >= 11 is -1.57. The molecule has 0 unspecified atom stereocenters. The van der Waals surface area contributed by atoms with Gasteiger partial charge in [-0.25, -0.2) is 0 Å². The van der Waals surface area contributed by atoms with Crippen molar-refractivity contribution in [3.05, 3.63) is 57.5 Å². The van der Waals surface area contributed by atoms with E-state index in [1.54, 1.807) is 0 Å². The van der Waals surface area contributed by atoms with Gasteiger partial charge >= 0.3 is 122 Å². The fourth-order valence-electron chi connectivity index (χ4n) is 2.26. The average molecular weight is 377 g/mol. The van der Waals surface area contributed by atoms with Crippen LogP contribution in [0.3, 0.4) is 0 Å². The average Bonchev–Trinajstić information content (AvgIpc) is 2.89. The van der Waals surface area contributed by atoms with E-state index in [-0.39, 0.29) is 30.7 Å². The van der Waals surface area contributed by atoms with E-state index in [0.29, 0.717) is 0 Å². The Labute approximate surface area is 146 Å². The zero-order valence-electron chi connectivity index (χ0n) is 12.5. The van der Waals surface area contributed by atoms with Crippen LogP contribution in [0.25, 0.3) is 0 Å². The van der Waals surface area contributed by atoms with Gasteiger partial charge in [0.1, 0.15) is 0 Å². The third-order valence-electron chi connectivity index (χ3n) is 3.33. The molecule has 0 fully saturated rings. The van der Waals surface area contributed by atoms with Crippen LogP contribution in [-0.2, 0) is 17.4 Å². The first-order valence-corrected chi connectivity index (χ1v) is 13.8. The number of benzene rings is 1. The summed E-state index contributed by atoms with van der Waals surface area (Å²) in [4.78, 5) is 12.4. The minimum atomic E-state index is -1.57. The van der Waals surface area contributed by atoms with E-state index in [9.17, 15) is 4.79 Å². The van der Waals surface area contributed by atoms with Crippen molar-refractivity contribution in [1.82, 2.24) is 3.80 Å². The van der Waals surface area contributed by atoms with Gasteiger partial charge < -0.3 is 24.8 Å². The van der Waals surface area contributed by atoms with Crippen molar-refractivity contribution in [1.29, 1.82) is 0 Å². The predicted molar refractivity (Wildman–Crippen MR) is 79.4 cm³/mol. The third kappa shape index (κ3) is 5.42. The summed E-state index contributed by atoms with van der Waals surface area (Å²) in [6.07, 6.45) is 7.59. The summed E-state index contributed by atoms with van der Waals surface area (Å²) in [5, 5.41) is 0. The van der Waals surface area contributed by atoms with Crippen molar-refractivity contribution in [2.75, 3.05) is 0 Å². The minimum absolute atomic E-state index is 0. The third-order valence-corrected chi connectivity index (χ3v) is 14.5. The smallest absolute Gasteiger partial charge is 1.00 e. The molecule has 2 nitrogen and oxygen atoms in total. The molecule has 1 aromatic carbocycles. The van der Waals surface area contributed by atoms with Gasteiger partial charge in [0.25, 0.3) is 0 Å². The first kappa shape index (κ1) is 20.7. The summed E-state index contributed by atoms with van der Waals surface area (Å²) in [7, 11) is 0. The standard InChI is InChI=1S/C8H9NO.C5H5.C2H7Si.2ClH.Ti/c1-6-4-2-3-5-7(6)8(9)10;1-2-4-5-3-1;1-3-2;;;/h2-5H,1H3,(H2,9,10);1-3H,4H2;3H,1-2H3;2*1H;/q;;;;;+3/p-3. The SMILES string of the molecule is Cc1ccccc1C(=O)[NH][Ti+2]([C]1=CC=CC1)[SiH](C)C.[Cl-].[Cl-]. The number of amides is 1. The van der Waals surface area contributed by atoms with E-state index in [4.69, 9.17) is 0 Å². The van der Waals surface area contributed by atoms with Crippen LogP contribution in [0, 0.1) is 6.92 Å². The second kappa shape index (κ2) is 9.65. The van der Waals surface area contributed by atoms with Gasteiger partial charge in [-0.3, -0.25) is 0 Å². The van der Waals surface area contributed by atoms with Crippen LogP contribution in [0.5, 0.6) is 0 Å². The second-order valence-corrected chi connectivity index (χ2v) is 17.9. The molecular weight excluding hydrogens is 357 g/mol. The number of allylic oxidation sites excluding steroid dienone is 4. The van der Waals surface area contributed by atoms with Crippen LogP contribution in [-0.4, -0.2) is 12.6 Å². The van der Waals surface area contributed by atoms with Gasteiger partial charge in [0.2, 0.25) is 0 Å². The maximum Gasteiger partial charge on any atom is -1.00 e. The Balaban J connectivity index is 0.00000200.